The third kappa shape index (κ3) is 13.7. The van der Waals surface area contributed by atoms with Crippen LogP contribution in [-0.4, -0.2) is 12.6 Å². The van der Waals surface area contributed by atoms with E-state index in [0.29, 0.717) is 13.2 Å². The number of ether oxygens (including phenoxy) is 1. The number of rotatable bonds is 16. The molecule has 148 valence electrons. The molecule has 0 spiro atoms. The van der Waals surface area contributed by atoms with E-state index in [1.807, 2.05) is 30.3 Å². The molecule has 0 aliphatic rings. The molecule has 0 saturated heterocycles. The Morgan fingerprint density at radius 3 is 1.81 bits per heavy atom. The number of alkyl carbamates (subject to hydrolysis) is 1. The predicted octanol–water partition coefficient (Wildman–Crippen LogP) is 7.00. The van der Waals surface area contributed by atoms with Crippen molar-refractivity contribution in [1.82, 2.24) is 5.32 Å². The van der Waals surface area contributed by atoms with Gasteiger partial charge in [0.25, 0.3) is 0 Å². The van der Waals surface area contributed by atoms with Gasteiger partial charge < -0.3 is 10.1 Å². The van der Waals surface area contributed by atoms with Gasteiger partial charge in [-0.15, -0.1) is 0 Å². The van der Waals surface area contributed by atoms with E-state index in [1.54, 1.807) is 0 Å². The normalized spacial score (nSPS) is 10.7. The fourth-order valence-electron chi connectivity index (χ4n) is 3.11. The SMILES string of the molecule is CCCCCCCCCCCCCCCNC(=O)OCc1ccccc1. The molecule has 1 aromatic carbocycles. The number of hydrogen-bond donors (Lipinski definition) is 1. The van der Waals surface area contributed by atoms with E-state index in [4.69, 9.17) is 4.74 Å². The number of nitrogens with one attached hydrogen (secondary N) is 1. The van der Waals surface area contributed by atoms with Crippen LogP contribution in [0.4, 0.5) is 4.79 Å². The highest BCUT2D eigenvalue weighted by atomic mass is 16.5. The lowest BCUT2D eigenvalue weighted by Gasteiger charge is -2.07. The van der Waals surface area contributed by atoms with Crippen molar-refractivity contribution >= 4 is 6.09 Å². The Morgan fingerprint density at radius 2 is 1.27 bits per heavy atom. The van der Waals surface area contributed by atoms with Crippen LogP contribution in [0.1, 0.15) is 96.0 Å². The van der Waals surface area contributed by atoms with Crippen molar-refractivity contribution in [2.24, 2.45) is 0 Å². The van der Waals surface area contributed by atoms with Crippen LogP contribution in [0.2, 0.25) is 0 Å². The summed E-state index contributed by atoms with van der Waals surface area (Å²) in [4.78, 5) is 11.6. The molecule has 0 fully saturated rings. The molecular formula is C23H39NO2. The summed E-state index contributed by atoms with van der Waals surface area (Å²) < 4.78 is 5.19. The highest BCUT2D eigenvalue weighted by Gasteiger charge is 2.01. The molecule has 0 radical (unpaired) electrons. The van der Waals surface area contributed by atoms with Gasteiger partial charge in [0.05, 0.1) is 0 Å². The van der Waals surface area contributed by atoms with E-state index in [1.165, 1.54) is 77.0 Å². The molecule has 1 aromatic rings. The molecule has 0 aliphatic heterocycles. The minimum absolute atomic E-state index is 0.312. The van der Waals surface area contributed by atoms with Crippen molar-refractivity contribution in [2.75, 3.05) is 6.54 Å². The Kier molecular flexibility index (Phi) is 14.7. The molecule has 26 heavy (non-hydrogen) atoms. The van der Waals surface area contributed by atoms with Crippen molar-refractivity contribution < 1.29 is 9.53 Å². The maximum absolute atomic E-state index is 11.6. The zero-order valence-corrected chi connectivity index (χ0v) is 16.8. The third-order valence-corrected chi connectivity index (χ3v) is 4.76. The monoisotopic (exact) mass is 361 g/mol. The Morgan fingerprint density at radius 1 is 0.769 bits per heavy atom. The van der Waals surface area contributed by atoms with Gasteiger partial charge in [-0.3, -0.25) is 0 Å². The average Bonchev–Trinajstić information content (AvgIpc) is 2.67. The van der Waals surface area contributed by atoms with Crippen LogP contribution in [0.25, 0.3) is 0 Å². The van der Waals surface area contributed by atoms with Crippen molar-refractivity contribution in [3.8, 4) is 0 Å². The molecule has 0 heterocycles. The van der Waals surface area contributed by atoms with Crippen LogP contribution in [-0.2, 0) is 11.3 Å². The number of benzene rings is 1. The van der Waals surface area contributed by atoms with E-state index >= 15 is 0 Å². The number of unbranched alkanes of at least 4 members (excludes halogenated alkanes) is 12. The van der Waals surface area contributed by atoms with Gasteiger partial charge >= 0.3 is 6.09 Å². The fraction of sp³-hybridized carbons (Fsp3) is 0.696. The highest BCUT2D eigenvalue weighted by Crippen LogP contribution is 2.12. The largest absolute Gasteiger partial charge is 0.445 e. The van der Waals surface area contributed by atoms with Gasteiger partial charge in [0, 0.05) is 6.54 Å². The van der Waals surface area contributed by atoms with E-state index in [0.717, 1.165) is 12.0 Å². The maximum Gasteiger partial charge on any atom is 0.407 e. The Hall–Kier alpha value is -1.51. The second-order valence-corrected chi connectivity index (χ2v) is 7.23. The summed E-state index contributed by atoms with van der Waals surface area (Å²) in [6, 6.07) is 9.77. The van der Waals surface area contributed by atoms with Crippen LogP contribution < -0.4 is 5.32 Å². The number of hydrogen-bond acceptors (Lipinski definition) is 2. The zero-order chi connectivity index (χ0) is 18.7. The molecule has 1 rings (SSSR count). The lowest BCUT2D eigenvalue weighted by Crippen LogP contribution is -2.25. The minimum Gasteiger partial charge on any atom is -0.445 e. The lowest BCUT2D eigenvalue weighted by molar-refractivity contribution is 0.139. The first-order valence-corrected chi connectivity index (χ1v) is 10.8. The molecule has 0 aromatic heterocycles. The predicted molar refractivity (Wildman–Crippen MR) is 110 cm³/mol. The Bertz CT molecular complexity index is 433. The average molecular weight is 362 g/mol. The summed E-state index contributed by atoms with van der Waals surface area (Å²) in [7, 11) is 0. The summed E-state index contributed by atoms with van der Waals surface area (Å²) in [5.41, 5.74) is 1.02. The van der Waals surface area contributed by atoms with Crippen LogP contribution in [0.15, 0.2) is 30.3 Å². The molecule has 0 bridgehead atoms. The smallest absolute Gasteiger partial charge is 0.407 e. The van der Waals surface area contributed by atoms with E-state index in [-0.39, 0.29) is 6.09 Å². The van der Waals surface area contributed by atoms with Crippen molar-refractivity contribution in [2.45, 2.75) is 97.0 Å². The fourth-order valence-corrected chi connectivity index (χ4v) is 3.11. The molecule has 1 N–H and O–H groups in total. The van der Waals surface area contributed by atoms with Crippen molar-refractivity contribution in [1.29, 1.82) is 0 Å². The van der Waals surface area contributed by atoms with Crippen LogP contribution in [0, 0.1) is 0 Å². The summed E-state index contributed by atoms with van der Waals surface area (Å²) in [6.45, 7) is 3.32. The molecule has 0 unspecified atom stereocenters. The van der Waals surface area contributed by atoms with Gasteiger partial charge in [0.2, 0.25) is 0 Å². The Labute approximate surface area is 160 Å². The van der Waals surface area contributed by atoms with Crippen LogP contribution in [0.3, 0.4) is 0 Å². The molecule has 3 heteroatoms. The third-order valence-electron chi connectivity index (χ3n) is 4.76. The molecule has 1 amide bonds. The molecule has 0 aliphatic carbocycles. The van der Waals surface area contributed by atoms with Gasteiger partial charge in [-0.05, 0) is 12.0 Å². The summed E-state index contributed by atoms with van der Waals surface area (Å²) in [6.07, 6.45) is 17.1. The van der Waals surface area contributed by atoms with Crippen LogP contribution in [0.5, 0.6) is 0 Å². The van der Waals surface area contributed by atoms with Gasteiger partial charge in [-0.25, -0.2) is 4.79 Å². The first-order chi connectivity index (χ1) is 12.8. The number of carbonyl (C=O) groups excluding carboxylic acids is 1. The second kappa shape index (κ2) is 16.9. The standard InChI is InChI=1S/C23H39NO2/c1-2-3-4-5-6-7-8-9-10-11-12-13-17-20-24-23(25)26-21-22-18-15-14-16-19-22/h14-16,18-19H,2-13,17,20-21H2,1H3,(H,24,25). The van der Waals surface area contributed by atoms with Gasteiger partial charge in [0.1, 0.15) is 6.61 Å². The van der Waals surface area contributed by atoms with E-state index in [9.17, 15) is 4.79 Å². The summed E-state index contributed by atoms with van der Waals surface area (Å²) >= 11 is 0. The molecule has 0 atom stereocenters. The molecular weight excluding hydrogens is 322 g/mol. The first kappa shape index (κ1) is 22.5. The Balaban J connectivity index is 1.78. The van der Waals surface area contributed by atoms with Gasteiger partial charge in [0.15, 0.2) is 0 Å². The maximum atomic E-state index is 11.6. The van der Waals surface area contributed by atoms with Gasteiger partial charge in [-0.2, -0.15) is 0 Å². The zero-order valence-electron chi connectivity index (χ0n) is 16.8. The lowest BCUT2D eigenvalue weighted by atomic mass is 10.0. The van der Waals surface area contributed by atoms with Crippen molar-refractivity contribution in [3.05, 3.63) is 35.9 Å². The van der Waals surface area contributed by atoms with E-state index in [2.05, 4.69) is 12.2 Å². The van der Waals surface area contributed by atoms with Gasteiger partial charge in [-0.1, -0.05) is 114 Å². The topological polar surface area (TPSA) is 38.3 Å². The first-order valence-electron chi connectivity index (χ1n) is 10.8. The quantitative estimate of drug-likeness (QED) is 0.322. The number of amides is 1. The second-order valence-electron chi connectivity index (χ2n) is 7.23. The minimum atomic E-state index is -0.312. The summed E-state index contributed by atoms with van der Waals surface area (Å²) in [5, 5.41) is 2.83. The molecule has 0 saturated carbocycles. The number of carbonyl (C=O) groups is 1. The summed E-state index contributed by atoms with van der Waals surface area (Å²) in [5.74, 6) is 0. The van der Waals surface area contributed by atoms with E-state index < -0.39 is 0 Å². The highest BCUT2D eigenvalue weighted by molar-refractivity contribution is 5.67. The molecule has 3 nitrogen and oxygen atoms in total. The van der Waals surface area contributed by atoms with Crippen LogP contribution >= 0.6 is 0 Å². The van der Waals surface area contributed by atoms with Crippen molar-refractivity contribution in [3.63, 3.8) is 0 Å².